The van der Waals surface area contributed by atoms with Crippen molar-refractivity contribution in [1.29, 1.82) is 0 Å². The predicted octanol–water partition coefficient (Wildman–Crippen LogP) is -13.5. The Morgan fingerprint density at radius 3 is 1.24 bits per heavy atom. The highest BCUT2D eigenvalue weighted by Crippen LogP contribution is 2.27. The van der Waals surface area contributed by atoms with E-state index >= 15 is 0 Å². The Morgan fingerprint density at radius 2 is 0.775 bits per heavy atom. The van der Waals surface area contributed by atoms with Crippen LogP contribution in [0.25, 0.3) is 0 Å². The van der Waals surface area contributed by atoms with Gasteiger partial charge in [-0.15, -0.1) is 0 Å². The van der Waals surface area contributed by atoms with Crippen LogP contribution < -0.4 is 92.5 Å². The van der Waals surface area contributed by atoms with Crippen LogP contribution in [-0.4, -0.2) is 346 Å². The zero-order valence-corrected chi connectivity index (χ0v) is 68.0. The fourth-order valence-corrected chi connectivity index (χ4v) is 13.1. The van der Waals surface area contributed by atoms with Gasteiger partial charge in [-0.3, -0.25) is 91.3 Å². The summed E-state index contributed by atoms with van der Waals surface area (Å²) in [6.07, 6.45) is -9.69. The van der Waals surface area contributed by atoms with E-state index in [0.717, 1.165) is 35.5 Å². The lowest BCUT2D eigenvalue weighted by atomic mass is 9.96. The number of aliphatic imine (C=N–C) groups is 1. The Morgan fingerprint density at radius 1 is 0.408 bits per heavy atom. The molecule has 676 valence electrons. The second kappa shape index (κ2) is 49.4. The highest BCUT2D eigenvalue weighted by Gasteiger charge is 2.47. The number of nitrogens with one attached hydrogen (secondary N) is 12. The van der Waals surface area contributed by atoms with E-state index < -0.39 is 285 Å². The number of aliphatic hydroxyl groups is 7. The van der Waals surface area contributed by atoms with Gasteiger partial charge >= 0.3 is 11.9 Å². The summed E-state index contributed by atoms with van der Waals surface area (Å²) in [7, 11) is 0. The van der Waals surface area contributed by atoms with Crippen molar-refractivity contribution in [2.45, 2.75) is 266 Å². The first-order valence-corrected chi connectivity index (χ1v) is 39.1. The van der Waals surface area contributed by atoms with Crippen molar-refractivity contribution in [3.63, 3.8) is 0 Å². The molecule has 0 radical (unpaired) electrons. The number of hydrogen-bond donors (Lipinski definition) is 26. The molecule has 49 nitrogen and oxygen atoms in total. The molecule has 3 saturated heterocycles. The first-order chi connectivity index (χ1) is 56.2. The molecule has 3 aliphatic rings. The average molecular weight is 1710 g/mol. The summed E-state index contributed by atoms with van der Waals surface area (Å²) in [5.74, 6) is -24.0. The topological polar surface area (TPSA) is 803 Å². The molecule has 31 N–H and O–H groups in total. The number of primary amides is 2. The van der Waals surface area contributed by atoms with Crippen molar-refractivity contribution < 1.29 is 137 Å². The molecular formula is C71H119N21O28. The van der Waals surface area contributed by atoms with Gasteiger partial charge in [0.25, 0.3) is 0 Å². The number of rotatable bonds is 50. The van der Waals surface area contributed by atoms with Crippen LogP contribution in [0.4, 0.5) is 0 Å². The maximum atomic E-state index is 14.7. The molecular weight excluding hydrogens is 1590 g/mol. The molecule has 0 aromatic rings. The van der Waals surface area contributed by atoms with Gasteiger partial charge < -0.3 is 153 Å². The number of nitrogens with zero attached hydrogens (tertiary/aromatic N) is 4. The van der Waals surface area contributed by atoms with Gasteiger partial charge in [-0.1, -0.05) is 34.1 Å². The quantitative estimate of drug-likeness (QED) is 0.0153. The highest BCUT2D eigenvalue weighted by molar-refractivity contribution is 6.02. The van der Waals surface area contributed by atoms with E-state index in [1.165, 1.54) is 13.8 Å². The third-order valence-electron chi connectivity index (χ3n) is 20.0. The van der Waals surface area contributed by atoms with Crippen LogP contribution in [0.5, 0.6) is 0 Å². The summed E-state index contributed by atoms with van der Waals surface area (Å²) in [5, 5.41) is 118. The first kappa shape index (κ1) is 103. The van der Waals surface area contributed by atoms with E-state index in [0.29, 0.717) is 0 Å². The molecule has 21 atom stereocenters. The van der Waals surface area contributed by atoms with Gasteiger partial charge in [0, 0.05) is 32.6 Å². The van der Waals surface area contributed by atoms with Crippen molar-refractivity contribution in [1.82, 2.24) is 78.5 Å². The van der Waals surface area contributed by atoms with Crippen molar-refractivity contribution >= 4 is 118 Å². The minimum Gasteiger partial charge on any atom is -0.481 e. The average Bonchev–Trinajstić information content (AvgIpc) is 1.61. The number of hydrogen-bond acceptors (Lipinski definition) is 28. The summed E-state index contributed by atoms with van der Waals surface area (Å²) < 4.78 is 0. The predicted molar refractivity (Wildman–Crippen MR) is 414 cm³/mol. The molecule has 3 heterocycles. The van der Waals surface area contributed by atoms with E-state index in [2.05, 4.69) is 52.8 Å². The summed E-state index contributed by atoms with van der Waals surface area (Å²) in [6, 6.07) is -27.6. The van der Waals surface area contributed by atoms with Gasteiger partial charge in [-0.25, -0.2) is 4.79 Å². The maximum absolute atomic E-state index is 14.7. The molecule has 0 saturated carbocycles. The number of carbonyl (C=O) groups excluding carboxylic acids is 17. The van der Waals surface area contributed by atoms with Gasteiger partial charge in [0.1, 0.15) is 90.6 Å². The van der Waals surface area contributed by atoms with Crippen LogP contribution >= 0.6 is 0 Å². The molecule has 0 aliphatic carbocycles. The van der Waals surface area contributed by atoms with Crippen LogP contribution in [0.3, 0.4) is 0 Å². The van der Waals surface area contributed by atoms with Gasteiger partial charge in [-0.2, -0.15) is 0 Å². The lowest BCUT2D eigenvalue weighted by Crippen LogP contribution is -2.63. The Balaban J connectivity index is 1.85. The number of carboxylic acids is 2. The molecule has 17 amide bonds. The van der Waals surface area contributed by atoms with Crippen molar-refractivity contribution in [2.75, 3.05) is 46.0 Å². The van der Waals surface area contributed by atoms with Crippen LogP contribution in [0.2, 0.25) is 0 Å². The minimum atomic E-state index is -2.02. The van der Waals surface area contributed by atoms with E-state index in [4.69, 9.17) is 28.7 Å². The second-order valence-corrected chi connectivity index (χ2v) is 30.1. The monoisotopic (exact) mass is 1710 g/mol. The largest absolute Gasteiger partial charge is 0.481 e. The molecule has 3 fully saturated rings. The zero-order valence-electron chi connectivity index (χ0n) is 68.0. The van der Waals surface area contributed by atoms with E-state index in [-0.39, 0.29) is 102 Å². The van der Waals surface area contributed by atoms with Crippen molar-refractivity contribution in [3.05, 3.63) is 0 Å². The van der Waals surface area contributed by atoms with Crippen molar-refractivity contribution in [3.8, 4) is 0 Å². The fourth-order valence-electron chi connectivity index (χ4n) is 13.1. The smallest absolute Gasteiger partial charge is 0.328 e. The number of amides is 17. The van der Waals surface area contributed by atoms with Crippen LogP contribution in [0.15, 0.2) is 4.99 Å². The normalized spacial score (nSPS) is 19.6. The number of aliphatic hydroxyl groups excluding tert-OH is 7. The Labute approximate surface area is 689 Å². The number of carbonyl (C=O) groups is 19. The number of aliphatic carboxylic acids is 2. The highest BCUT2D eigenvalue weighted by atomic mass is 16.4. The van der Waals surface area contributed by atoms with E-state index in [9.17, 15) is 137 Å². The van der Waals surface area contributed by atoms with Gasteiger partial charge in [0.05, 0.1) is 57.1 Å². The minimum absolute atomic E-state index is 0.0446. The molecule has 3 aliphatic heterocycles. The van der Waals surface area contributed by atoms with Crippen LogP contribution in [0.1, 0.15) is 145 Å². The zero-order chi connectivity index (χ0) is 91.0. The third-order valence-corrected chi connectivity index (χ3v) is 20.0. The molecule has 0 unspecified atom stereocenters. The molecule has 120 heavy (non-hydrogen) atoms. The van der Waals surface area contributed by atoms with Gasteiger partial charge in [0.2, 0.25) is 100 Å². The maximum Gasteiger partial charge on any atom is 0.328 e. The lowest BCUT2D eigenvalue weighted by Gasteiger charge is -2.34. The number of guanidine groups is 1. The second-order valence-electron chi connectivity index (χ2n) is 30.1. The molecule has 3 rings (SSSR count). The summed E-state index contributed by atoms with van der Waals surface area (Å²) >= 11 is 0. The number of likely N-dealkylation sites (tertiary alicyclic amines) is 3. The fraction of sp³-hybridized carbons (Fsp3) is 0.718. The van der Waals surface area contributed by atoms with Crippen LogP contribution in [0, 0.1) is 11.8 Å². The SMILES string of the molecule is CC[C@H](C)[C@H](NC(=O)[C@H](CC(=O)O)NC(=O)[C@@H]1CCCN1C(=O)[C@H](CCCN=C(N)N)NC(=O)[C@H](CC(C)C)NC(=O)[C@H](CO)NC(=O)[C@@H](N)[C@@H](C)O)C(=O)N[C@H](C(=O)N[C@@H](CCC(N)=O)C(=O)N1CCC[C@H]1C(=O)N1CCC[C@H]1C(=O)N[C@@H](CO)C(=O)N[C@@H](CC(N)=O)C(=O)N[C@@H](CO)C(=O)N[C@H](C(=O)N[C@H](C(=O)O)[C@@H](C)O)[C@@H](C)O)[C@@H](C)O. The lowest BCUT2D eigenvalue weighted by molar-refractivity contribution is -0.148. The molecule has 0 aromatic heterocycles. The van der Waals surface area contributed by atoms with Crippen LogP contribution in [-0.2, 0) is 91.1 Å². The summed E-state index contributed by atoms with van der Waals surface area (Å²) in [5.41, 5.74) is 27.6. The Hall–Kier alpha value is -11.1. The summed E-state index contributed by atoms with van der Waals surface area (Å²) in [6.45, 7) is 6.88. The number of nitrogens with two attached hydrogens (primary N) is 5. The molecule has 0 bridgehead atoms. The third kappa shape index (κ3) is 31.5. The molecule has 0 aromatic carbocycles. The Bertz CT molecular complexity index is 3680. The van der Waals surface area contributed by atoms with Gasteiger partial charge in [0.15, 0.2) is 12.0 Å². The van der Waals surface area contributed by atoms with E-state index in [1.807, 2.05) is 16.0 Å². The first-order valence-electron chi connectivity index (χ1n) is 39.1. The standard InChI is InChI=1S/C71H119N21O28/c1-9-31(4)51(86-57(106)40(26-49(102)103)82-61(110)44-15-11-21-90(44)67(116)36(14-10-20-77-71(75)76)78-55(104)38(24-30(2)3)80-59(108)42(28-94)85-63(112)50(74)32(5)96)64(113)88-52(33(6)97)65(114)79-37(18-19-47(72)100)68(117)92-23-13-17-46(92)69(118)91-22-12-16-45(91)62(111)84-41(27-93)58(107)81-39(25-48(73)101)56(105)83-43(29-95)60(109)87-53(34(7)98)66(115)89-54(35(8)99)70(119)120/h30-46,50-54,93-99H,9-29,74H2,1-8H3,(H2,72,100)(H2,73,101)(H,78,104)(H,79,114)(H,80,108)(H,81,107)(H,82,110)(H,83,105)(H,84,111)(H,85,112)(H,86,106)(H,87,109)(H,88,113)(H,89,115)(H,102,103)(H,119,120)(H4,75,76,77)/t31-,32+,33+,34+,35+,36-,37-,38-,39-,40-,41-,42-,43-,44-,45-,46-,50-,51-,52-,53-,54-/m0/s1. The Kier molecular flexibility index (Phi) is 42.5. The molecule has 49 heteroatoms. The van der Waals surface area contributed by atoms with Gasteiger partial charge in [-0.05, 0) is 104 Å². The summed E-state index contributed by atoms with van der Waals surface area (Å²) in [4.78, 5) is 265. The van der Waals surface area contributed by atoms with E-state index in [1.54, 1.807) is 20.8 Å². The number of carboxylic acid groups (broad SMARTS) is 2. The van der Waals surface area contributed by atoms with Crippen molar-refractivity contribution in [2.24, 2.45) is 45.5 Å². The molecule has 0 spiro atoms.